The van der Waals surface area contributed by atoms with Crippen LogP contribution in [0.3, 0.4) is 0 Å². The van der Waals surface area contributed by atoms with Gasteiger partial charge < -0.3 is 24.3 Å². The molecule has 1 aliphatic heterocycles. The minimum absolute atomic E-state index is 0.0581. The third-order valence-corrected chi connectivity index (χ3v) is 6.39. The van der Waals surface area contributed by atoms with Crippen molar-refractivity contribution in [2.24, 2.45) is 0 Å². The molecule has 1 saturated heterocycles. The van der Waals surface area contributed by atoms with E-state index < -0.39 is 46.9 Å². The van der Waals surface area contributed by atoms with Crippen LogP contribution < -0.4 is 10.1 Å². The Balaban J connectivity index is 1.65. The van der Waals surface area contributed by atoms with E-state index in [4.69, 9.17) is 23.1 Å². The van der Waals surface area contributed by atoms with E-state index >= 15 is 0 Å². The Kier molecular flexibility index (Phi) is 10.0. The number of carbonyl (C=O) groups excluding carboxylic acids is 1. The normalized spacial score (nSPS) is 23.2. The van der Waals surface area contributed by atoms with Crippen LogP contribution in [0.15, 0.2) is 91.0 Å². The Morgan fingerprint density at radius 3 is 2.00 bits per heavy atom. The van der Waals surface area contributed by atoms with Gasteiger partial charge in [0.15, 0.2) is 0 Å². The van der Waals surface area contributed by atoms with E-state index in [1.54, 1.807) is 24.3 Å². The molecule has 11 heteroatoms. The Hall–Kier alpha value is -3.32. The first-order valence-corrected chi connectivity index (χ1v) is 13.7. The number of nitrogens with one attached hydrogen (secondary N) is 1. The summed E-state index contributed by atoms with van der Waals surface area (Å²) in [4.78, 5) is 12.2. The topological polar surface area (TPSA) is 130 Å². The van der Waals surface area contributed by atoms with E-state index in [1.165, 1.54) is 6.92 Å². The second-order valence-corrected chi connectivity index (χ2v) is 10.00. The van der Waals surface area contributed by atoms with Crippen LogP contribution in [-0.2, 0) is 46.8 Å². The molecular formula is C28H31NO9S. The van der Waals surface area contributed by atoms with Crippen molar-refractivity contribution in [1.82, 2.24) is 5.32 Å². The number of rotatable bonds is 12. The van der Waals surface area contributed by atoms with Crippen molar-refractivity contribution < 1.29 is 40.9 Å². The summed E-state index contributed by atoms with van der Waals surface area (Å²) < 4.78 is 62.8. The van der Waals surface area contributed by atoms with Gasteiger partial charge in [-0.05, 0) is 23.3 Å². The molecule has 39 heavy (non-hydrogen) atoms. The highest BCUT2D eigenvalue weighted by Crippen LogP contribution is 2.30. The summed E-state index contributed by atoms with van der Waals surface area (Å²) in [5.41, 5.74) is 1.69. The maximum atomic E-state index is 12.2. The van der Waals surface area contributed by atoms with Gasteiger partial charge in [-0.1, -0.05) is 78.9 Å². The fourth-order valence-electron chi connectivity index (χ4n) is 4.25. The van der Waals surface area contributed by atoms with Crippen molar-refractivity contribution in [3.05, 3.63) is 102 Å². The fraction of sp³-hybridized carbons (Fsp3) is 0.321. The van der Waals surface area contributed by atoms with Crippen molar-refractivity contribution in [3.8, 4) is 5.75 Å². The summed E-state index contributed by atoms with van der Waals surface area (Å²) in [6.45, 7) is 1.46. The van der Waals surface area contributed by atoms with Gasteiger partial charge in [0, 0.05) is 6.92 Å². The van der Waals surface area contributed by atoms with Crippen LogP contribution >= 0.6 is 0 Å². The van der Waals surface area contributed by atoms with Gasteiger partial charge >= 0.3 is 10.4 Å². The smallest absolute Gasteiger partial charge is 0.397 e. The molecule has 3 aromatic carbocycles. The molecule has 0 saturated carbocycles. The second-order valence-electron chi connectivity index (χ2n) is 8.95. The zero-order valence-electron chi connectivity index (χ0n) is 21.3. The lowest BCUT2D eigenvalue weighted by atomic mass is 9.96. The molecule has 5 atom stereocenters. The first-order valence-electron chi connectivity index (χ1n) is 12.4. The van der Waals surface area contributed by atoms with Gasteiger partial charge in [-0.3, -0.25) is 9.35 Å². The predicted molar refractivity (Wildman–Crippen MR) is 141 cm³/mol. The Morgan fingerprint density at radius 1 is 0.872 bits per heavy atom. The fourth-order valence-corrected chi connectivity index (χ4v) is 4.76. The van der Waals surface area contributed by atoms with Crippen LogP contribution in [-0.4, -0.2) is 56.1 Å². The third kappa shape index (κ3) is 8.85. The Labute approximate surface area is 227 Å². The summed E-state index contributed by atoms with van der Waals surface area (Å²) in [7, 11) is -4.95. The summed E-state index contributed by atoms with van der Waals surface area (Å²) in [5.74, 6) is 0.0284. The molecule has 0 radical (unpaired) electrons. The van der Waals surface area contributed by atoms with Crippen LogP contribution in [0, 0.1) is 0 Å². The SMILES string of the molecule is CC(=O)NC1[C@H](Oc2ccccc2)OC(COCc2ccccc2)[C@H](OS(=O)(=O)O)[C@H]1OCc1ccccc1. The average Bonchev–Trinajstić information content (AvgIpc) is 2.91. The molecule has 1 aliphatic rings. The third-order valence-electron chi connectivity index (χ3n) is 5.92. The minimum Gasteiger partial charge on any atom is -0.463 e. The Bertz CT molecular complexity index is 1280. The molecule has 208 valence electrons. The lowest BCUT2D eigenvalue weighted by Crippen LogP contribution is -2.67. The number of benzene rings is 3. The quantitative estimate of drug-likeness (QED) is 0.322. The highest BCUT2D eigenvalue weighted by atomic mass is 32.3. The van der Waals surface area contributed by atoms with E-state index in [0.717, 1.165) is 11.1 Å². The lowest BCUT2D eigenvalue weighted by molar-refractivity contribution is -0.253. The molecule has 0 spiro atoms. The van der Waals surface area contributed by atoms with Crippen molar-refractivity contribution >= 4 is 16.3 Å². The van der Waals surface area contributed by atoms with E-state index in [-0.39, 0.29) is 19.8 Å². The molecule has 0 bridgehead atoms. The molecule has 0 aliphatic carbocycles. The van der Waals surface area contributed by atoms with Crippen molar-refractivity contribution in [2.45, 2.75) is 50.8 Å². The standard InChI is InChI=1S/C28H31NO9S/c1-20(30)29-25-27(35-18-22-13-7-3-8-14-22)26(38-39(31,32)33)24(19-34-17-21-11-5-2-6-12-21)37-28(25)36-23-15-9-4-10-16-23/h2-16,24-28H,17-19H2,1H3,(H,29,30)(H,31,32,33)/t24?,25?,26-,27-,28+/m0/s1. The first kappa shape index (κ1) is 28.7. The van der Waals surface area contributed by atoms with Gasteiger partial charge in [-0.2, -0.15) is 8.42 Å². The number of hydrogen-bond acceptors (Lipinski definition) is 8. The van der Waals surface area contributed by atoms with Crippen LogP contribution in [0.2, 0.25) is 0 Å². The molecule has 10 nitrogen and oxygen atoms in total. The molecule has 2 unspecified atom stereocenters. The number of ether oxygens (including phenoxy) is 4. The van der Waals surface area contributed by atoms with Crippen molar-refractivity contribution in [1.29, 1.82) is 0 Å². The zero-order chi connectivity index (χ0) is 27.7. The highest BCUT2D eigenvalue weighted by molar-refractivity contribution is 7.80. The van der Waals surface area contributed by atoms with Crippen LogP contribution in [0.25, 0.3) is 0 Å². The van der Waals surface area contributed by atoms with Crippen molar-refractivity contribution in [2.75, 3.05) is 6.61 Å². The van der Waals surface area contributed by atoms with Gasteiger partial charge in [-0.15, -0.1) is 0 Å². The van der Waals surface area contributed by atoms with Gasteiger partial charge in [0.2, 0.25) is 12.2 Å². The predicted octanol–water partition coefficient (Wildman–Crippen LogP) is 3.29. The van der Waals surface area contributed by atoms with E-state index in [0.29, 0.717) is 5.75 Å². The zero-order valence-corrected chi connectivity index (χ0v) is 22.1. The summed E-state index contributed by atoms with van der Waals surface area (Å²) in [5, 5.41) is 2.75. The van der Waals surface area contributed by atoms with E-state index in [1.807, 2.05) is 66.7 Å². The number of carbonyl (C=O) groups is 1. The summed E-state index contributed by atoms with van der Waals surface area (Å²) >= 11 is 0. The molecule has 1 heterocycles. The van der Waals surface area contributed by atoms with Crippen LogP contribution in [0.1, 0.15) is 18.1 Å². The van der Waals surface area contributed by atoms with Crippen LogP contribution in [0.5, 0.6) is 5.75 Å². The highest BCUT2D eigenvalue weighted by Gasteiger charge is 2.51. The monoisotopic (exact) mass is 557 g/mol. The minimum atomic E-state index is -4.95. The molecule has 2 N–H and O–H groups in total. The van der Waals surface area contributed by atoms with Gasteiger partial charge in [0.1, 0.15) is 30.1 Å². The van der Waals surface area contributed by atoms with Crippen molar-refractivity contribution in [3.63, 3.8) is 0 Å². The van der Waals surface area contributed by atoms with E-state index in [2.05, 4.69) is 5.32 Å². The molecule has 3 aromatic rings. The van der Waals surface area contributed by atoms with E-state index in [9.17, 15) is 17.8 Å². The molecule has 0 aromatic heterocycles. The summed E-state index contributed by atoms with van der Waals surface area (Å²) in [6.07, 6.45) is -4.67. The molecular weight excluding hydrogens is 526 g/mol. The van der Waals surface area contributed by atoms with Crippen LogP contribution in [0.4, 0.5) is 0 Å². The first-order chi connectivity index (χ1) is 18.8. The van der Waals surface area contributed by atoms with Gasteiger partial charge in [-0.25, -0.2) is 4.18 Å². The Morgan fingerprint density at radius 2 is 1.44 bits per heavy atom. The molecule has 1 fully saturated rings. The largest absolute Gasteiger partial charge is 0.463 e. The summed E-state index contributed by atoms with van der Waals surface area (Å²) in [6, 6.07) is 26.4. The van der Waals surface area contributed by atoms with Gasteiger partial charge in [0.05, 0.1) is 19.8 Å². The number of amides is 1. The number of para-hydroxylation sites is 1. The van der Waals surface area contributed by atoms with Gasteiger partial charge in [0.25, 0.3) is 0 Å². The maximum Gasteiger partial charge on any atom is 0.397 e. The average molecular weight is 558 g/mol. The lowest BCUT2D eigenvalue weighted by Gasteiger charge is -2.45. The number of hydrogen-bond donors (Lipinski definition) is 2. The second kappa shape index (κ2) is 13.7. The molecule has 4 rings (SSSR count). The molecule has 1 amide bonds. The maximum absolute atomic E-state index is 12.2.